The van der Waals surface area contributed by atoms with Crippen LogP contribution < -0.4 is 20.3 Å². The van der Waals surface area contributed by atoms with Crippen molar-refractivity contribution in [1.82, 2.24) is 9.38 Å². The predicted molar refractivity (Wildman–Crippen MR) is 98.4 cm³/mol. The van der Waals surface area contributed by atoms with Crippen molar-refractivity contribution in [3.8, 4) is 11.5 Å². The summed E-state index contributed by atoms with van der Waals surface area (Å²) in [5.41, 5.74) is 2.23. The van der Waals surface area contributed by atoms with Crippen LogP contribution in [0.5, 0.6) is 11.5 Å². The van der Waals surface area contributed by atoms with E-state index in [-0.39, 0.29) is 5.56 Å². The largest absolute Gasteiger partial charge is 0.493 e. The SMILES string of the molecule is COc1cc(C)c(NC(=O)c2cnc3ccc(C)cn3c2=O)cc1OC. The first-order valence-corrected chi connectivity index (χ1v) is 7.96. The van der Waals surface area contributed by atoms with E-state index in [2.05, 4.69) is 10.3 Å². The lowest BCUT2D eigenvalue weighted by molar-refractivity contribution is 0.102. The van der Waals surface area contributed by atoms with Gasteiger partial charge in [-0.3, -0.25) is 14.0 Å². The Kier molecular flexibility index (Phi) is 4.62. The zero-order valence-electron chi connectivity index (χ0n) is 15.0. The maximum Gasteiger partial charge on any atom is 0.270 e. The second kappa shape index (κ2) is 6.87. The molecule has 0 fully saturated rings. The number of carbonyl (C=O) groups excluding carboxylic acids is 1. The van der Waals surface area contributed by atoms with E-state index in [9.17, 15) is 9.59 Å². The number of hydrogen-bond donors (Lipinski definition) is 1. The lowest BCUT2D eigenvalue weighted by Gasteiger charge is -2.13. The van der Waals surface area contributed by atoms with Gasteiger partial charge in [0, 0.05) is 24.1 Å². The Balaban J connectivity index is 2.00. The fraction of sp³-hybridized carbons (Fsp3) is 0.211. The maximum absolute atomic E-state index is 12.6. The Morgan fingerprint density at radius 2 is 1.81 bits per heavy atom. The third-order valence-electron chi connectivity index (χ3n) is 4.07. The highest BCUT2D eigenvalue weighted by Gasteiger charge is 2.16. The van der Waals surface area contributed by atoms with Crippen molar-refractivity contribution in [2.24, 2.45) is 0 Å². The number of amides is 1. The summed E-state index contributed by atoms with van der Waals surface area (Å²) in [5, 5.41) is 2.74. The van der Waals surface area contributed by atoms with Gasteiger partial charge in [-0.1, -0.05) is 6.07 Å². The average molecular weight is 353 g/mol. The summed E-state index contributed by atoms with van der Waals surface area (Å²) in [6.45, 7) is 3.69. The second-order valence-electron chi connectivity index (χ2n) is 5.89. The normalized spacial score (nSPS) is 10.6. The molecule has 0 aliphatic carbocycles. The van der Waals surface area contributed by atoms with Crippen LogP contribution in [0.2, 0.25) is 0 Å². The molecule has 0 saturated heterocycles. The molecule has 2 aromatic heterocycles. The predicted octanol–water partition coefficient (Wildman–Crippen LogP) is 2.58. The van der Waals surface area contributed by atoms with E-state index in [1.165, 1.54) is 17.7 Å². The lowest BCUT2D eigenvalue weighted by Crippen LogP contribution is -2.27. The van der Waals surface area contributed by atoms with E-state index in [1.54, 1.807) is 31.5 Å². The standard InChI is InChI=1S/C19H19N3O4/c1-11-5-6-17-20-9-13(19(24)22(17)10-11)18(23)21-14-8-16(26-4)15(25-3)7-12(14)2/h5-10H,1-4H3,(H,21,23). The minimum Gasteiger partial charge on any atom is -0.493 e. The number of benzene rings is 1. The lowest BCUT2D eigenvalue weighted by atomic mass is 10.1. The first-order valence-electron chi connectivity index (χ1n) is 7.96. The molecule has 2 heterocycles. The second-order valence-corrected chi connectivity index (χ2v) is 5.89. The molecule has 0 unspecified atom stereocenters. The number of nitrogens with one attached hydrogen (secondary N) is 1. The monoisotopic (exact) mass is 353 g/mol. The van der Waals surface area contributed by atoms with Crippen molar-refractivity contribution >= 4 is 17.2 Å². The molecule has 7 nitrogen and oxygen atoms in total. The topological polar surface area (TPSA) is 81.9 Å². The van der Waals surface area contributed by atoms with Crippen molar-refractivity contribution in [2.75, 3.05) is 19.5 Å². The molecule has 3 aromatic rings. The molecule has 0 saturated carbocycles. The Bertz CT molecular complexity index is 1060. The van der Waals surface area contributed by atoms with Crippen LogP contribution in [-0.2, 0) is 0 Å². The summed E-state index contributed by atoms with van der Waals surface area (Å²) in [5.74, 6) is 0.511. The number of aryl methyl sites for hydroxylation is 2. The molecule has 0 aliphatic rings. The number of carbonyl (C=O) groups is 1. The number of methoxy groups -OCH3 is 2. The molecule has 0 aliphatic heterocycles. The number of ether oxygens (including phenoxy) is 2. The highest BCUT2D eigenvalue weighted by atomic mass is 16.5. The zero-order valence-corrected chi connectivity index (χ0v) is 15.0. The van der Waals surface area contributed by atoms with E-state index in [1.807, 2.05) is 19.9 Å². The van der Waals surface area contributed by atoms with Gasteiger partial charge in [0.15, 0.2) is 11.5 Å². The molecular weight excluding hydrogens is 334 g/mol. The number of fused-ring (bicyclic) bond motifs is 1. The van der Waals surface area contributed by atoms with Gasteiger partial charge in [-0.15, -0.1) is 0 Å². The van der Waals surface area contributed by atoms with Gasteiger partial charge >= 0.3 is 0 Å². The molecule has 1 amide bonds. The first-order chi connectivity index (χ1) is 12.4. The summed E-state index contributed by atoms with van der Waals surface area (Å²) in [4.78, 5) is 29.5. The van der Waals surface area contributed by atoms with Crippen LogP contribution in [0.25, 0.3) is 5.65 Å². The van der Waals surface area contributed by atoms with Gasteiger partial charge in [0.25, 0.3) is 11.5 Å². The van der Waals surface area contributed by atoms with Crippen LogP contribution in [0, 0.1) is 13.8 Å². The molecule has 0 spiro atoms. The van der Waals surface area contributed by atoms with Gasteiger partial charge in [-0.25, -0.2) is 4.98 Å². The van der Waals surface area contributed by atoms with Crippen molar-refractivity contribution in [3.63, 3.8) is 0 Å². The van der Waals surface area contributed by atoms with E-state index < -0.39 is 11.5 Å². The minimum atomic E-state index is -0.534. The number of pyridine rings is 1. The van der Waals surface area contributed by atoms with E-state index in [0.29, 0.717) is 22.8 Å². The fourth-order valence-corrected chi connectivity index (χ4v) is 2.64. The summed E-state index contributed by atoms with van der Waals surface area (Å²) < 4.78 is 11.9. The Labute approximate surface area is 150 Å². The molecule has 3 rings (SSSR count). The van der Waals surface area contributed by atoms with Gasteiger partial charge in [0.2, 0.25) is 0 Å². The van der Waals surface area contributed by atoms with E-state index in [0.717, 1.165) is 11.1 Å². The molecule has 1 aromatic carbocycles. The molecule has 7 heteroatoms. The number of hydrogen-bond acceptors (Lipinski definition) is 5. The van der Waals surface area contributed by atoms with Crippen molar-refractivity contribution in [2.45, 2.75) is 13.8 Å². The summed E-state index contributed by atoms with van der Waals surface area (Å²) in [6, 6.07) is 7.00. The Morgan fingerprint density at radius 1 is 1.12 bits per heavy atom. The number of rotatable bonds is 4. The molecule has 134 valence electrons. The zero-order chi connectivity index (χ0) is 18.8. The van der Waals surface area contributed by atoms with Crippen molar-refractivity contribution < 1.29 is 14.3 Å². The smallest absolute Gasteiger partial charge is 0.270 e. The van der Waals surface area contributed by atoms with Gasteiger partial charge < -0.3 is 14.8 Å². The first kappa shape index (κ1) is 17.5. The van der Waals surface area contributed by atoms with Crippen LogP contribution in [0.15, 0.2) is 41.5 Å². The van der Waals surface area contributed by atoms with Crippen LogP contribution in [0.3, 0.4) is 0 Å². The number of anilines is 1. The third-order valence-corrected chi connectivity index (χ3v) is 4.07. The van der Waals surface area contributed by atoms with E-state index in [4.69, 9.17) is 9.47 Å². The fourth-order valence-electron chi connectivity index (χ4n) is 2.64. The van der Waals surface area contributed by atoms with Crippen LogP contribution in [0.4, 0.5) is 5.69 Å². The Hall–Kier alpha value is -3.35. The quantitative estimate of drug-likeness (QED) is 0.780. The number of nitrogens with zero attached hydrogens (tertiary/aromatic N) is 2. The molecule has 1 N–H and O–H groups in total. The molecule has 26 heavy (non-hydrogen) atoms. The van der Waals surface area contributed by atoms with Crippen molar-refractivity contribution in [1.29, 1.82) is 0 Å². The molecule has 0 atom stereocenters. The minimum absolute atomic E-state index is 0.0396. The van der Waals surface area contributed by atoms with E-state index >= 15 is 0 Å². The highest BCUT2D eigenvalue weighted by molar-refractivity contribution is 6.04. The van der Waals surface area contributed by atoms with Crippen molar-refractivity contribution in [3.05, 3.63) is 63.7 Å². The summed E-state index contributed by atoms with van der Waals surface area (Å²) >= 11 is 0. The van der Waals surface area contributed by atoms with Gasteiger partial charge in [-0.05, 0) is 37.1 Å². The number of aromatic nitrogens is 2. The average Bonchev–Trinajstić information content (AvgIpc) is 2.63. The van der Waals surface area contributed by atoms with Gasteiger partial charge in [0.1, 0.15) is 11.2 Å². The molecule has 0 bridgehead atoms. The summed E-state index contributed by atoms with van der Waals surface area (Å²) in [7, 11) is 3.06. The maximum atomic E-state index is 12.6. The van der Waals surface area contributed by atoms with Crippen LogP contribution in [0.1, 0.15) is 21.5 Å². The third kappa shape index (κ3) is 3.11. The summed E-state index contributed by atoms with van der Waals surface area (Å²) in [6.07, 6.45) is 2.95. The molecular formula is C19H19N3O4. The Morgan fingerprint density at radius 3 is 2.50 bits per heavy atom. The molecule has 0 radical (unpaired) electrons. The van der Waals surface area contributed by atoms with Crippen LogP contribution >= 0.6 is 0 Å². The highest BCUT2D eigenvalue weighted by Crippen LogP contribution is 2.33. The van der Waals surface area contributed by atoms with Gasteiger partial charge in [-0.2, -0.15) is 0 Å². The van der Waals surface area contributed by atoms with Crippen LogP contribution in [-0.4, -0.2) is 29.5 Å². The van der Waals surface area contributed by atoms with Gasteiger partial charge in [0.05, 0.1) is 14.2 Å².